The van der Waals surface area contributed by atoms with Gasteiger partial charge < -0.3 is 5.11 Å². The van der Waals surface area contributed by atoms with Gasteiger partial charge in [0.15, 0.2) is 0 Å². The van der Waals surface area contributed by atoms with Crippen LogP contribution >= 0.6 is 0 Å². The van der Waals surface area contributed by atoms with E-state index in [1.807, 2.05) is 0 Å². The van der Waals surface area contributed by atoms with Gasteiger partial charge in [0.1, 0.15) is 0 Å². The molecule has 1 N–H and O–H groups in total. The normalized spacial score (nSPS) is 13.3. The van der Waals surface area contributed by atoms with Crippen LogP contribution in [0, 0.1) is 5.92 Å². The van der Waals surface area contributed by atoms with Gasteiger partial charge in [0, 0.05) is 6.42 Å². The first-order chi connectivity index (χ1) is 9.66. The topological polar surface area (TPSA) is 37.3 Å². The van der Waals surface area contributed by atoms with Crippen LogP contribution < -0.4 is 0 Å². The lowest BCUT2D eigenvalue weighted by molar-refractivity contribution is -0.137. The predicted octanol–water partition coefficient (Wildman–Crippen LogP) is 5.74. The standard InChI is InChI=1S/C18H32O2/c1-3-14-17(2)15-12-10-8-6-4-5-7-9-11-13-16-18(19)20/h3,5,7,14,17H,4,6,8-13,15-16H2,1-2H3,(H,19,20)/t17-/m1/s1. The van der Waals surface area contributed by atoms with Gasteiger partial charge in [-0.2, -0.15) is 0 Å². The molecule has 2 heteroatoms. The molecule has 0 aromatic carbocycles. The fourth-order valence-corrected chi connectivity index (χ4v) is 2.28. The Kier molecular flexibility index (Phi) is 13.6. The first-order valence-corrected chi connectivity index (χ1v) is 8.16. The largest absolute Gasteiger partial charge is 0.481 e. The second-order valence-corrected chi connectivity index (χ2v) is 5.61. The van der Waals surface area contributed by atoms with Gasteiger partial charge in [-0.3, -0.25) is 4.79 Å². The first-order valence-electron chi connectivity index (χ1n) is 8.16. The summed E-state index contributed by atoms with van der Waals surface area (Å²) in [5.41, 5.74) is 0. The summed E-state index contributed by atoms with van der Waals surface area (Å²) in [4.78, 5) is 10.3. The zero-order valence-corrected chi connectivity index (χ0v) is 13.3. The first kappa shape index (κ1) is 18.9. The van der Waals surface area contributed by atoms with E-state index in [4.69, 9.17) is 5.11 Å². The van der Waals surface area contributed by atoms with Crippen molar-refractivity contribution in [2.45, 2.75) is 78.1 Å². The van der Waals surface area contributed by atoms with E-state index < -0.39 is 5.97 Å². The summed E-state index contributed by atoms with van der Waals surface area (Å²) in [6, 6.07) is 0. The Morgan fingerprint density at radius 1 is 1.00 bits per heavy atom. The third kappa shape index (κ3) is 15.0. The zero-order valence-electron chi connectivity index (χ0n) is 13.3. The Morgan fingerprint density at radius 3 is 2.20 bits per heavy atom. The van der Waals surface area contributed by atoms with Crippen molar-refractivity contribution in [1.82, 2.24) is 0 Å². The summed E-state index contributed by atoms with van der Waals surface area (Å²) in [6.45, 7) is 4.37. The van der Waals surface area contributed by atoms with Crippen LogP contribution in [0.1, 0.15) is 78.1 Å². The molecule has 116 valence electrons. The van der Waals surface area contributed by atoms with Gasteiger partial charge in [-0.1, -0.05) is 50.5 Å². The zero-order chi connectivity index (χ0) is 15.1. The minimum atomic E-state index is -0.683. The monoisotopic (exact) mass is 280 g/mol. The van der Waals surface area contributed by atoms with E-state index in [0.717, 1.165) is 25.2 Å². The summed E-state index contributed by atoms with van der Waals surface area (Å²) in [5, 5.41) is 8.50. The van der Waals surface area contributed by atoms with Crippen LogP contribution in [0.3, 0.4) is 0 Å². The van der Waals surface area contributed by atoms with Gasteiger partial charge in [0.25, 0.3) is 0 Å². The van der Waals surface area contributed by atoms with Crippen LogP contribution in [0.2, 0.25) is 0 Å². The molecule has 0 spiro atoms. The van der Waals surface area contributed by atoms with Crippen LogP contribution in [0.15, 0.2) is 24.3 Å². The minimum absolute atomic E-state index is 0.305. The molecule has 0 bridgehead atoms. The van der Waals surface area contributed by atoms with E-state index in [9.17, 15) is 4.79 Å². The molecule has 0 aliphatic rings. The van der Waals surface area contributed by atoms with E-state index in [1.165, 1.54) is 38.5 Å². The molecule has 0 fully saturated rings. The molecule has 0 saturated carbocycles. The molecule has 0 rings (SSSR count). The second-order valence-electron chi connectivity index (χ2n) is 5.61. The third-order valence-electron chi connectivity index (χ3n) is 3.48. The number of carboxylic acid groups (broad SMARTS) is 1. The lowest BCUT2D eigenvalue weighted by Crippen LogP contribution is -1.92. The highest BCUT2D eigenvalue weighted by Crippen LogP contribution is 2.12. The van der Waals surface area contributed by atoms with Crippen molar-refractivity contribution in [3.63, 3.8) is 0 Å². The van der Waals surface area contributed by atoms with E-state index >= 15 is 0 Å². The molecule has 0 radical (unpaired) electrons. The van der Waals surface area contributed by atoms with Crippen LogP contribution in [-0.4, -0.2) is 11.1 Å². The van der Waals surface area contributed by atoms with Crippen molar-refractivity contribution in [2.75, 3.05) is 0 Å². The second kappa shape index (κ2) is 14.4. The fourth-order valence-electron chi connectivity index (χ4n) is 2.28. The number of hydrogen-bond donors (Lipinski definition) is 1. The molecule has 0 amide bonds. The van der Waals surface area contributed by atoms with Gasteiger partial charge in [0.2, 0.25) is 0 Å². The van der Waals surface area contributed by atoms with Crippen LogP contribution in [0.5, 0.6) is 0 Å². The van der Waals surface area contributed by atoms with Gasteiger partial charge in [-0.15, -0.1) is 0 Å². The number of aliphatic carboxylic acids is 1. The number of unbranched alkanes of at least 4 members (excludes halogenated alkanes) is 6. The summed E-state index contributed by atoms with van der Waals surface area (Å²) in [6.07, 6.45) is 19.8. The number of carbonyl (C=O) groups is 1. The average molecular weight is 280 g/mol. The van der Waals surface area contributed by atoms with E-state index in [0.29, 0.717) is 6.42 Å². The molecular formula is C18H32O2. The molecule has 0 unspecified atom stereocenters. The Balaban J connectivity index is 3.21. The van der Waals surface area contributed by atoms with Gasteiger partial charge in [0.05, 0.1) is 0 Å². The highest BCUT2D eigenvalue weighted by Gasteiger charge is 1.96. The molecule has 0 aliphatic heterocycles. The molecule has 20 heavy (non-hydrogen) atoms. The van der Waals surface area contributed by atoms with Crippen LogP contribution in [-0.2, 0) is 4.79 Å². The van der Waals surface area contributed by atoms with Crippen molar-refractivity contribution >= 4 is 5.97 Å². The van der Waals surface area contributed by atoms with Crippen molar-refractivity contribution < 1.29 is 9.90 Å². The molecule has 0 aliphatic carbocycles. The Morgan fingerprint density at radius 2 is 1.60 bits per heavy atom. The van der Waals surface area contributed by atoms with Crippen molar-refractivity contribution in [3.8, 4) is 0 Å². The van der Waals surface area contributed by atoms with Gasteiger partial charge in [-0.05, 0) is 51.4 Å². The van der Waals surface area contributed by atoms with Gasteiger partial charge >= 0.3 is 5.97 Å². The predicted molar refractivity (Wildman–Crippen MR) is 86.9 cm³/mol. The van der Waals surface area contributed by atoms with Crippen molar-refractivity contribution in [3.05, 3.63) is 24.3 Å². The van der Waals surface area contributed by atoms with Crippen LogP contribution in [0.25, 0.3) is 0 Å². The maximum Gasteiger partial charge on any atom is 0.303 e. The summed E-state index contributed by atoms with van der Waals surface area (Å²) >= 11 is 0. The number of rotatable bonds is 13. The maximum atomic E-state index is 10.3. The highest BCUT2D eigenvalue weighted by molar-refractivity contribution is 5.66. The number of hydrogen-bond acceptors (Lipinski definition) is 1. The summed E-state index contributed by atoms with van der Waals surface area (Å²) in [5.74, 6) is 0.0448. The molecule has 0 aromatic rings. The highest BCUT2D eigenvalue weighted by atomic mass is 16.4. The lowest BCUT2D eigenvalue weighted by atomic mass is 10.0. The lowest BCUT2D eigenvalue weighted by Gasteiger charge is -2.05. The molecule has 2 nitrogen and oxygen atoms in total. The molecule has 0 aromatic heterocycles. The van der Waals surface area contributed by atoms with E-state index in [2.05, 4.69) is 38.2 Å². The molecular weight excluding hydrogens is 248 g/mol. The molecule has 0 heterocycles. The quantitative estimate of drug-likeness (QED) is 0.345. The summed E-state index contributed by atoms with van der Waals surface area (Å²) in [7, 11) is 0. The van der Waals surface area contributed by atoms with Crippen LogP contribution in [0.4, 0.5) is 0 Å². The Labute approximate surface area is 125 Å². The summed E-state index contributed by atoms with van der Waals surface area (Å²) < 4.78 is 0. The Hall–Kier alpha value is -1.05. The van der Waals surface area contributed by atoms with E-state index in [-0.39, 0.29) is 0 Å². The minimum Gasteiger partial charge on any atom is -0.481 e. The van der Waals surface area contributed by atoms with Gasteiger partial charge in [-0.25, -0.2) is 0 Å². The van der Waals surface area contributed by atoms with Crippen molar-refractivity contribution in [2.24, 2.45) is 5.92 Å². The van der Waals surface area contributed by atoms with Crippen molar-refractivity contribution in [1.29, 1.82) is 0 Å². The molecule has 1 atom stereocenters. The van der Waals surface area contributed by atoms with E-state index in [1.54, 1.807) is 0 Å². The third-order valence-corrected chi connectivity index (χ3v) is 3.48. The molecule has 0 saturated heterocycles. The number of allylic oxidation sites excluding steroid dienone is 4. The smallest absolute Gasteiger partial charge is 0.303 e. The fraction of sp³-hybridized carbons (Fsp3) is 0.722. The average Bonchev–Trinajstić information content (AvgIpc) is 2.40. The maximum absolute atomic E-state index is 10.3. The SMILES string of the molecule is CC=C[C@@H](C)CCCCCCC=CCCCCC(=O)O. The Bertz CT molecular complexity index is 279. The number of carboxylic acids is 1.